The highest BCUT2D eigenvalue weighted by Crippen LogP contribution is 2.21. The SMILES string of the molecule is C=C(OCCSCCC)c1ccc(N)c(N)c1. The van der Waals surface area contributed by atoms with Crippen LogP contribution < -0.4 is 11.5 Å². The molecule has 0 heterocycles. The first-order valence-corrected chi connectivity index (χ1v) is 6.85. The second kappa shape index (κ2) is 7.12. The molecule has 17 heavy (non-hydrogen) atoms. The van der Waals surface area contributed by atoms with Gasteiger partial charge in [0.2, 0.25) is 0 Å². The number of hydrogen-bond acceptors (Lipinski definition) is 4. The number of nitrogen functional groups attached to an aromatic ring is 2. The van der Waals surface area contributed by atoms with Crippen molar-refractivity contribution in [3.63, 3.8) is 0 Å². The van der Waals surface area contributed by atoms with Crippen LogP contribution in [0.15, 0.2) is 24.8 Å². The molecule has 0 unspecified atom stereocenters. The standard InChI is InChI=1S/C13H20N2OS/c1-3-7-17-8-6-16-10(2)11-4-5-12(14)13(15)9-11/h4-5,9H,2-3,6-8,14-15H2,1H3. The van der Waals surface area contributed by atoms with E-state index in [-0.39, 0.29) is 0 Å². The zero-order valence-corrected chi connectivity index (χ0v) is 11.1. The molecule has 0 radical (unpaired) electrons. The van der Waals surface area contributed by atoms with Crippen molar-refractivity contribution >= 4 is 28.9 Å². The molecule has 1 rings (SSSR count). The highest BCUT2D eigenvalue weighted by atomic mass is 32.2. The normalized spacial score (nSPS) is 10.2. The smallest absolute Gasteiger partial charge is 0.119 e. The van der Waals surface area contributed by atoms with E-state index in [1.807, 2.05) is 17.8 Å². The van der Waals surface area contributed by atoms with Gasteiger partial charge in [0.15, 0.2) is 0 Å². The van der Waals surface area contributed by atoms with Gasteiger partial charge < -0.3 is 16.2 Å². The molecule has 94 valence electrons. The largest absolute Gasteiger partial charge is 0.493 e. The summed E-state index contributed by atoms with van der Waals surface area (Å²) in [5.74, 6) is 2.80. The van der Waals surface area contributed by atoms with Gasteiger partial charge in [0.05, 0.1) is 18.0 Å². The van der Waals surface area contributed by atoms with Gasteiger partial charge in [0, 0.05) is 11.3 Å². The number of rotatable bonds is 7. The average molecular weight is 252 g/mol. The minimum absolute atomic E-state index is 0.563. The van der Waals surface area contributed by atoms with E-state index in [9.17, 15) is 0 Å². The summed E-state index contributed by atoms with van der Waals surface area (Å²) in [6.45, 7) is 6.73. The lowest BCUT2D eigenvalue weighted by molar-refractivity contribution is 0.303. The van der Waals surface area contributed by atoms with Crippen molar-refractivity contribution in [2.24, 2.45) is 0 Å². The van der Waals surface area contributed by atoms with Gasteiger partial charge >= 0.3 is 0 Å². The summed E-state index contributed by atoms with van der Waals surface area (Å²) >= 11 is 1.89. The molecular formula is C13H20N2OS. The molecule has 0 aromatic heterocycles. The number of nitrogens with two attached hydrogens (primary N) is 2. The molecule has 0 amide bonds. The molecule has 0 aliphatic heterocycles. The van der Waals surface area contributed by atoms with Gasteiger partial charge in [-0.25, -0.2) is 0 Å². The maximum Gasteiger partial charge on any atom is 0.119 e. The van der Waals surface area contributed by atoms with E-state index in [0.29, 0.717) is 23.7 Å². The Bertz CT molecular complexity index is 380. The average Bonchev–Trinajstić information content (AvgIpc) is 2.32. The van der Waals surface area contributed by atoms with Crippen LogP contribution in [0.5, 0.6) is 0 Å². The van der Waals surface area contributed by atoms with E-state index in [0.717, 1.165) is 11.3 Å². The number of thioether (sulfide) groups is 1. The first-order valence-electron chi connectivity index (χ1n) is 5.70. The molecule has 1 aromatic carbocycles. The van der Waals surface area contributed by atoms with Gasteiger partial charge in [-0.05, 0) is 30.4 Å². The second-order valence-electron chi connectivity index (χ2n) is 3.73. The van der Waals surface area contributed by atoms with E-state index in [4.69, 9.17) is 16.2 Å². The summed E-state index contributed by atoms with van der Waals surface area (Å²) in [6.07, 6.45) is 1.19. The van der Waals surface area contributed by atoms with E-state index in [2.05, 4.69) is 13.5 Å². The Morgan fingerprint density at radius 3 is 2.71 bits per heavy atom. The van der Waals surface area contributed by atoms with E-state index >= 15 is 0 Å². The molecule has 1 aromatic rings. The van der Waals surface area contributed by atoms with Gasteiger partial charge in [-0.1, -0.05) is 13.5 Å². The quantitative estimate of drug-likeness (QED) is 0.445. The van der Waals surface area contributed by atoms with Crippen LogP contribution in [-0.4, -0.2) is 18.1 Å². The fourth-order valence-corrected chi connectivity index (χ4v) is 2.00. The summed E-state index contributed by atoms with van der Waals surface area (Å²) in [5, 5.41) is 0. The van der Waals surface area contributed by atoms with E-state index in [1.54, 1.807) is 12.1 Å². The minimum atomic E-state index is 0.563. The Kier molecular flexibility index (Phi) is 5.77. The Morgan fingerprint density at radius 1 is 1.29 bits per heavy atom. The van der Waals surface area contributed by atoms with Crippen molar-refractivity contribution in [1.82, 2.24) is 0 Å². The predicted molar refractivity (Wildman–Crippen MR) is 77.9 cm³/mol. The minimum Gasteiger partial charge on any atom is -0.493 e. The van der Waals surface area contributed by atoms with Crippen LogP contribution in [0.1, 0.15) is 18.9 Å². The van der Waals surface area contributed by atoms with Crippen LogP contribution in [0.4, 0.5) is 11.4 Å². The molecule has 4 N–H and O–H groups in total. The van der Waals surface area contributed by atoms with Crippen molar-refractivity contribution in [2.45, 2.75) is 13.3 Å². The third-order valence-corrected chi connectivity index (χ3v) is 3.41. The summed E-state index contributed by atoms with van der Waals surface area (Å²) in [4.78, 5) is 0. The summed E-state index contributed by atoms with van der Waals surface area (Å²) < 4.78 is 5.56. The van der Waals surface area contributed by atoms with Crippen LogP contribution >= 0.6 is 11.8 Å². The van der Waals surface area contributed by atoms with E-state index < -0.39 is 0 Å². The van der Waals surface area contributed by atoms with Gasteiger partial charge in [-0.15, -0.1) is 0 Å². The fraction of sp³-hybridized carbons (Fsp3) is 0.385. The highest BCUT2D eigenvalue weighted by Gasteiger charge is 2.02. The van der Waals surface area contributed by atoms with Gasteiger partial charge in [0.25, 0.3) is 0 Å². The summed E-state index contributed by atoms with van der Waals surface area (Å²) in [5.41, 5.74) is 13.4. The molecule has 0 atom stereocenters. The lowest BCUT2D eigenvalue weighted by Crippen LogP contribution is -1.99. The molecule has 0 spiro atoms. The first kappa shape index (κ1) is 13.8. The number of benzene rings is 1. The highest BCUT2D eigenvalue weighted by molar-refractivity contribution is 7.99. The van der Waals surface area contributed by atoms with Crippen LogP contribution in [0.2, 0.25) is 0 Å². The summed E-state index contributed by atoms with van der Waals surface area (Å²) in [6, 6.07) is 5.43. The Balaban J connectivity index is 2.39. The summed E-state index contributed by atoms with van der Waals surface area (Å²) in [7, 11) is 0. The van der Waals surface area contributed by atoms with E-state index in [1.165, 1.54) is 12.2 Å². The van der Waals surface area contributed by atoms with Crippen LogP contribution in [0, 0.1) is 0 Å². The molecular weight excluding hydrogens is 232 g/mol. The second-order valence-corrected chi connectivity index (χ2v) is 4.95. The topological polar surface area (TPSA) is 61.3 Å². The molecule has 0 bridgehead atoms. The first-order chi connectivity index (χ1) is 8.15. The lowest BCUT2D eigenvalue weighted by Gasteiger charge is -2.10. The molecule has 0 aliphatic rings. The van der Waals surface area contributed by atoms with Gasteiger partial charge in [-0.2, -0.15) is 11.8 Å². The Morgan fingerprint density at radius 2 is 2.06 bits per heavy atom. The van der Waals surface area contributed by atoms with Crippen molar-refractivity contribution in [1.29, 1.82) is 0 Å². The molecule has 0 saturated carbocycles. The maximum absolute atomic E-state index is 5.73. The monoisotopic (exact) mass is 252 g/mol. The zero-order valence-electron chi connectivity index (χ0n) is 10.2. The molecule has 0 saturated heterocycles. The predicted octanol–water partition coefficient (Wildman–Crippen LogP) is 2.98. The number of anilines is 2. The maximum atomic E-state index is 5.73. The number of hydrogen-bond donors (Lipinski definition) is 2. The van der Waals surface area contributed by atoms with Crippen molar-refractivity contribution in [2.75, 3.05) is 29.6 Å². The zero-order chi connectivity index (χ0) is 12.7. The van der Waals surface area contributed by atoms with Crippen molar-refractivity contribution in [3.8, 4) is 0 Å². The fourth-order valence-electron chi connectivity index (χ4n) is 1.30. The van der Waals surface area contributed by atoms with Gasteiger partial charge in [0.1, 0.15) is 5.76 Å². The molecule has 0 aliphatic carbocycles. The van der Waals surface area contributed by atoms with Crippen molar-refractivity contribution in [3.05, 3.63) is 30.3 Å². The van der Waals surface area contributed by atoms with Crippen LogP contribution in [0.25, 0.3) is 5.76 Å². The third-order valence-electron chi connectivity index (χ3n) is 2.26. The third kappa shape index (κ3) is 4.61. The molecule has 3 nitrogen and oxygen atoms in total. The van der Waals surface area contributed by atoms with Crippen LogP contribution in [-0.2, 0) is 4.74 Å². The molecule has 0 fully saturated rings. The Hall–Kier alpha value is -1.29. The number of ether oxygens (including phenoxy) is 1. The lowest BCUT2D eigenvalue weighted by atomic mass is 10.1. The molecule has 4 heteroatoms. The van der Waals surface area contributed by atoms with Gasteiger partial charge in [-0.3, -0.25) is 0 Å². The van der Waals surface area contributed by atoms with Crippen LogP contribution in [0.3, 0.4) is 0 Å². The van der Waals surface area contributed by atoms with Crippen molar-refractivity contribution < 1.29 is 4.74 Å². The Labute approximate surface area is 107 Å².